The molecule has 0 aliphatic rings. The van der Waals surface area contributed by atoms with Crippen molar-refractivity contribution in [2.24, 2.45) is 0 Å². The molecule has 0 atom stereocenters. The standard InChI is InChI=1S/C25H27NO6S/c1-16-8-10-20(33(30,31)26-25(2,3)4)14-21(16)18-7-5-6-17(12-18)15-32-19-9-11-23(27)22(13-19)24(28)29/h5-14,26-27H,15H2,1-4H3,(H,28,29). The molecule has 0 spiro atoms. The Morgan fingerprint density at radius 3 is 2.42 bits per heavy atom. The quantitative estimate of drug-likeness (QED) is 0.461. The zero-order chi connectivity index (χ0) is 24.4. The maximum absolute atomic E-state index is 12.8. The lowest BCUT2D eigenvalue weighted by Crippen LogP contribution is -2.40. The van der Waals surface area contributed by atoms with Crippen LogP contribution >= 0.6 is 0 Å². The Bertz CT molecular complexity index is 1290. The van der Waals surface area contributed by atoms with Gasteiger partial charge in [-0.25, -0.2) is 17.9 Å². The van der Waals surface area contributed by atoms with Gasteiger partial charge in [0, 0.05) is 5.54 Å². The highest BCUT2D eigenvalue weighted by molar-refractivity contribution is 7.89. The van der Waals surface area contributed by atoms with E-state index < -0.39 is 21.5 Å². The number of rotatable bonds is 7. The minimum absolute atomic E-state index is 0.167. The van der Waals surface area contributed by atoms with E-state index in [0.29, 0.717) is 5.75 Å². The second-order valence-electron chi connectivity index (χ2n) is 8.81. The highest BCUT2D eigenvalue weighted by Gasteiger charge is 2.22. The molecule has 0 aromatic heterocycles. The first kappa shape index (κ1) is 24.3. The Kier molecular flexibility index (Phi) is 6.81. The number of carbonyl (C=O) groups is 1. The van der Waals surface area contributed by atoms with Gasteiger partial charge in [0.15, 0.2) is 0 Å². The van der Waals surface area contributed by atoms with E-state index in [9.17, 15) is 18.3 Å². The predicted octanol–water partition coefficient (Wildman–Crippen LogP) is 4.72. The Hall–Kier alpha value is -3.36. The van der Waals surface area contributed by atoms with Gasteiger partial charge in [-0.3, -0.25) is 0 Å². The van der Waals surface area contributed by atoms with E-state index in [0.717, 1.165) is 22.3 Å². The molecule has 33 heavy (non-hydrogen) atoms. The van der Waals surface area contributed by atoms with Crippen molar-refractivity contribution in [2.75, 3.05) is 0 Å². The number of aromatic carboxylic acids is 1. The molecule has 0 bridgehead atoms. The lowest BCUT2D eigenvalue weighted by atomic mass is 9.99. The van der Waals surface area contributed by atoms with Gasteiger partial charge in [-0.05, 0) is 86.3 Å². The van der Waals surface area contributed by atoms with E-state index in [1.807, 2.05) is 31.2 Å². The van der Waals surface area contributed by atoms with Crippen molar-refractivity contribution >= 4 is 16.0 Å². The van der Waals surface area contributed by atoms with Crippen molar-refractivity contribution in [2.45, 2.75) is 44.7 Å². The first-order chi connectivity index (χ1) is 15.4. The summed E-state index contributed by atoms with van der Waals surface area (Å²) in [6, 6.07) is 16.6. The second kappa shape index (κ2) is 9.25. The molecule has 174 valence electrons. The van der Waals surface area contributed by atoms with Crippen LogP contribution in [0.3, 0.4) is 0 Å². The fourth-order valence-corrected chi connectivity index (χ4v) is 4.76. The summed E-state index contributed by atoms with van der Waals surface area (Å²) in [5.74, 6) is -1.26. The maximum atomic E-state index is 12.8. The molecular formula is C25H27NO6S. The third-order valence-corrected chi connectivity index (χ3v) is 6.56. The van der Waals surface area contributed by atoms with Crippen molar-refractivity contribution in [1.29, 1.82) is 0 Å². The molecule has 8 heteroatoms. The molecule has 3 aromatic rings. The molecular weight excluding hydrogens is 442 g/mol. The van der Waals surface area contributed by atoms with Crippen LogP contribution in [0.15, 0.2) is 65.6 Å². The third kappa shape index (κ3) is 6.12. The van der Waals surface area contributed by atoms with Gasteiger partial charge in [-0.1, -0.05) is 24.3 Å². The topological polar surface area (TPSA) is 113 Å². The number of carboxylic acid groups (broad SMARTS) is 1. The molecule has 3 rings (SSSR count). The zero-order valence-corrected chi connectivity index (χ0v) is 19.7. The summed E-state index contributed by atoms with van der Waals surface area (Å²) in [7, 11) is -3.68. The Labute approximate surface area is 193 Å². The van der Waals surface area contributed by atoms with E-state index in [-0.39, 0.29) is 22.8 Å². The largest absolute Gasteiger partial charge is 0.507 e. The highest BCUT2D eigenvalue weighted by atomic mass is 32.2. The molecule has 0 saturated carbocycles. The number of carboxylic acids is 1. The number of nitrogens with one attached hydrogen (secondary N) is 1. The Morgan fingerprint density at radius 2 is 1.76 bits per heavy atom. The fraction of sp³-hybridized carbons (Fsp3) is 0.240. The van der Waals surface area contributed by atoms with Gasteiger partial charge in [0.1, 0.15) is 23.7 Å². The van der Waals surface area contributed by atoms with Crippen LogP contribution in [0.1, 0.15) is 42.3 Å². The maximum Gasteiger partial charge on any atom is 0.339 e. The number of hydrogen-bond acceptors (Lipinski definition) is 5. The number of phenols is 1. The van der Waals surface area contributed by atoms with Crippen LogP contribution in [0.5, 0.6) is 11.5 Å². The predicted molar refractivity (Wildman–Crippen MR) is 126 cm³/mol. The van der Waals surface area contributed by atoms with E-state index in [2.05, 4.69) is 4.72 Å². The SMILES string of the molecule is Cc1ccc(S(=O)(=O)NC(C)(C)C)cc1-c1cccc(COc2ccc(O)c(C(=O)O)c2)c1. The first-order valence-corrected chi connectivity index (χ1v) is 11.8. The van der Waals surface area contributed by atoms with Gasteiger partial charge in [0.25, 0.3) is 0 Å². The van der Waals surface area contributed by atoms with E-state index >= 15 is 0 Å². The van der Waals surface area contributed by atoms with Crippen LogP contribution in [-0.4, -0.2) is 30.1 Å². The highest BCUT2D eigenvalue weighted by Crippen LogP contribution is 2.29. The summed E-state index contributed by atoms with van der Waals surface area (Å²) >= 11 is 0. The number of benzene rings is 3. The smallest absolute Gasteiger partial charge is 0.339 e. The van der Waals surface area contributed by atoms with Gasteiger partial charge in [-0.15, -0.1) is 0 Å². The summed E-state index contributed by atoms with van der Waals surface area (Å²) < 4.78 is 33.9. The van der Waals surface area contributed by atoms with Gasteiger partial charge in [0.2, 0.25) is 10.0 Å². The number of hydrogen-bond donors (Lipinski definition) is 3. The monoisotopic (exact) mass is 469 g/mol. The molecule has 0 radical (unpaired) electrons. The Morgan fingerprint density at radius 1 is 1.03 bits per heavy atom. The minimum atomic E-state index is -3.68. The van der Waals surface area contributed by atoms with Gasteiger partial charge < -0.3 is 14.9 Å². The molecule has 0 unspecified atom stereocenters. The zero-order valence-electron chi connectivity index (χ0n) is 18.9. The van der Waals surface area contributed by atoms with Crippen LogP contribution in [0.4, 0.5) is 0 Å². The summed E-state index contributed by atoms with van der Waals surface area (Å²) in [6.07, 6.45) is 0. The molecule has 3 aromatic carbocycles. The van der Waals surface area contributed by atoms with Gasteiger partial charge in [-0.2, -0.15) is 0 Å². The van der Waals surface area contributed by atoms with Crippen LogP contribution in [0, 0.1) is 6.92 Å². The van der Waals surface area contributed by atoms with Gasteiger partial charge >= 0.3 is 5.97 Å². The number of aromatic hydroxyl groups is 1. The first-order valence-electron chi connectivity index (χ1n) is 10.3. The lowest BCUT2D eigenvalue weighted by molar-refractivity contribution is 0.0693. The van der Waals surface area contributed by atoms with Gasteiger partial charge in [0.05, 0.1) is 4.90 Å². The second-order valence-corrected chi connectivity index (χ2v) is 10.5. The summed E-state index contributed by atoms with van der Waals surface area (Å²) in [6.45, 7) is 7.44. The molecule has 3 N–H and O–H groups in total. The number of sulfonamides is 1. The van der Waals surface area contributed by atoms with Crippen LogP contribution in [0.2, 0.25) is 0 Å². The average molecular weight is 470 g/mol. The van der Waals surface area contributed by atoms with Crippen molar-refractivity contribution < 1.29 is 28.2 Å². The summed E-state index contributed by atoms with van der Waals surface area (Å²) in [5.41, 5.74) is 2.52. The van der Waals surface area contributed by atoms with Crippen LogP contribution < -0.4 is 9.46 Å². The Balaban J connectivity index is 1.87. The van der Waals surface area contributed by atoms with Crippen molar-refractivity contribution in [3.63, 3.8) is 0 Å². The van der Waals surface area contributed by atoms with Crippen LogP contribution in [0.25, 0.3) is 11.1 Å². The molecule has 0 aliphatic heterocycles. The fourth-order valence-electron chi connectivity index (χ4n) is 3.31. The van der Waals surface area contributed by atoms with Crippen LogP contribution in [-0.2, 0) is 16.6 Å². The van der Waals surface area contributed by atoms with Crippen molar-refractivity contribution in [3.8, 4) is 22.6 Å². The molecule has 7 nitrogen and oxygen atoms in total. The third-order valence-electron chi connectivity index (χ3n) is 4.80. The molecule has 0 amide bonds. The molecule has 0 fully saturated rings. The minimum Gasteiger partial charge on any atom is -0.507 e. The lowest BCUT2D eigenvalue weighted by Gasteiger charge is -2.21. The average Bonchev–Trinajstić information content (AvgIpc) is 2.71. The normalized spacial score (nSPS) is 11.9. The summed E-state index contributed by atoms with van der Waals surface area (Å²) in [4.78, 5) is 11.4. The van der Waals surface area contributed by atoms with E-state index in [4.69, 9.17) is 9.84 Å². The molecule has 0 aliphatic carbocycles. The van der Waals surface area contributed by atoms with Crippen molar-refractivity contribution in [3.05, 3.63) is 77.4 Å². The summed E-state index contributed by atoms with van der Waals surface area (Å²) in [5, 5.41) is 18.8. The number of ether oxygens (including phenoxy) is 1. The molecule has 0 saturated heterocycles. The van der Waals surface area contributed by atoms with E-state index in [1.54, 1.807) is 39.0 Å². The molecule has 0 heterocycles. The van der Waals surface area contributed by atoms with E-state index in [1.165, 1.54) is 18.2 Å². The van der Waals surface area contributed by atoms with Crippen molar-refractivity contribution in [1.82, 2.24) is 4.72 Å². The number of aryl methyl sites for hydroxylation is 1.